The number of halogens is 3. The molecule has 3 aromatic rings. The number of hydrogen-bond donors (Lipinski definition) is 1. The Balaban J connectivity index is 0.000000170. The first kappa shape index (κ1) is 20.8. The number of carbonyl (C=O) groups excluding carboxylic acids is 2. The van der Waals surface area contributed by atoms with Crippen LogP contribution in [0.15, 0.2) is 65.6 Å². The third-order valence-electron chi connectivity index (χ3n) is 4.09. The number of carbonyl (C=O) groups is 2. The Hall–Kier alpha value is -2.94. The van der Waals surface area contributed by atoms with Crippen molar-refractivity contribution in [3.63, 3.8) is 0 Å². The Bertz CT molecular complexity index is 1150. The lowest BCUT2D eigenvalue weighted by Crippen LogP contribution is -2.20. The van der Waals surface area contributed by atoms with Crippen molar-refractivity contribution in [3.05, 3.63) is 99.6 Å². The van der Waals surface area contributed by atoms with Crippen molar-refractivity contribution in [1.82, 2.24) is 0 Å². The quantitative estimate of drug-likeness (QED) is 0.354. The molecule has 4 rings (SSSR count). The van der Waals surface area contributed by atoms with E-state index in [0.717, 1.165) is 0 Å². The second-order valence-corrected chi connectivity index (χ2v) is 7.72. The summed E-state index contributed by atoms with van der Waals surface area (Å²) < 4.78 is 54.5. The fraction of sp³-hybridized carbons (Fsp3) is 0. The molecule has 3 aromatic carbocycles. The summed E-state index contributed by atoms with van der Waals surface area (Å²) in [7, 11) is -4.70. The lowest BCUT2D eigenvalue weighted by molar-refractivity contribution is 0.0979. The number of fused-ring (bicyclic) bond motifs is 2. The highest BCUT2D eigenvalue weighted by Crippen LogP contribution is 2.26. The minimum absolute atomic E-state index is 0.0641. The number of ketones is 2. The summed E-state index contributed by atoms with van der Waals surface area (Å²) in [6, 6.07) is 14.7. The van der Waals surface area contributed by atoms with Gasteiger partial charge in [0.15, 0.2) is 11.6 Å². The molecule has 0 unspecified atom stereocenters. The summed E-state index contributed by atoms with van der Waals surface area (Å²) in [6.45, 7) is 0. The summed E-state index contributed by atoms with van der Waals surface area (Å²) in [5, 5.41) is -0.575. The molecule has 5 nitrogen and oxygen atoms in total. The van der Waals surface area contributed by atoms with Gasteiger partial charge in [-0.2, -0.15) is 8.42 Å². The largest absolute Gasteiger partial charge is 0.297 e. The molecule has 0 saturated heterocycles. The predicted octanol–water partition coefficient (Wildman–Crippen LogP) is 4.33. The van der Waals surface area contributed by atoms with E-state index in [1.54, 1.807) is 48.5 Å². The van der Waals surface area contributed by atoms with Crippen molar-refractivity contribution in [2.75, 3.05) is 0 Å². The minimum Gasteiger partial charge on any atom is -0.289 e. The molecular weight excluding hydrogens is 426 g/mol. The van der Waals surface area contributed by atoms with Crippen molar-refractivity contribution < 1.29 is 31.3 Å². The van der Waals surface area contributed by atoms with Crippen LogP contribution >= 0.6 is 11.6 Å². The van der Waals surface area contributed by atoms with Gasteiger partial charge in [-0.25, -0.2) is 8.78 Å². The van der Waals surface area contributed by atoms with Crippen LogP contribution in [-0.2, 0) is 10.1 Å². The van der Waals surface area contributed by atoms with Gasteiger partial charge in [-0.15, -0.1) is 0 Å². The molecular formula is C20H11ClF2O5S. The lowest BCUT2D eigenvalue weighted by atomic mass is 9.84. The second kappa shape index (κ2) is 7.82. The van der Waals surface area contributed by atoms with Gasteiger partial charge in [0.25, 0.3) is 10.1 Å². The Morgan fingerprint density at radius 3 is 1.45 bits per heavy atom. The average molecular weight is 437 g/mol. The molecule has 0 bridgehead atoms. The number of rotatable bonds is 1. The Morgan fingerprint density at radius 1 is 0.724 bits per heavy atom. The van der Waals surface area contributed by atoms with E-state index in [1.165, 1.54) is 0 Å². The normalized spacial score (nSPS) is 12.6. The summed E-state index contributed by atoms with van der Waals surface area (Å²) >= 11 is 5.17. The monoisotopic (exact) mass is 436 g/mol. The van der Waals surface area contributed by atoms with Gasteiger partial charge in [-0.05, 0) is 6.07 Å². The number of hydrogen-bond acceptors (Lipinski definition) is 4. The SMILES string of the molecule is O=C1c2ccccc2C(=O)c2ccccc21.O=S(=O)(O)c1cc(Cl)c(F)cc1F. The molecule has 0 amide bonds. The molecule has 9 heteroatoms. The molecule has 0 heterocycles. The minimum atomic E-state index is -4.70. The molecule has 1 N–H and O–H groups in total. The zero-order valence-electron chi connectivity index (χ0n) is 14.4. The average Bonchev–Trinajstić information content (AvgIpc) is 2.68. The highest BCUT2D eigenvalue weighted by atomic mass is 35.5. The molecule has 1 aliphatic rings. The van der Waals surface area contributed by atoms with Gasteiger partial charge in [0, 0.05) is 28.3 Å². The van der Waals surface area contributed by atoms with Crippen molar-refractivity contribution >= 4 is 33.3 Å². The first-order valence-corrected chi connectivity index (χ1v) is 9.82. The number of benzene rings is 3. The van der Waals surface area contributed by atoms with Crippen molar-refractivity contribution in [2.45, 2.75) is 4.90 Å². The van der Waals surface area contributed by atoms with Gasteiger partial charge >= 0.3 is 0 Å². The van der Waals surface area contributed by atoms with Crippen LogP contribution in [0.25, 0.3) is 0 Å². The fourth-order valence-corrected chi connectivity index (χ4v) is 3.55. The van der Waals surface area contributed by atoms with Gasteiger partial charge in [0.1, 0.15) is 16.5 Å². The van der Waals surface area contributed by atoms with Gasteiger partial charge in [-0.1, -0.05) is 60.1 Å². The first-order valence-electron chi connectivity index (χ1n) is 8.00. The smallest absolute Gasteiger partial charge is 0.289 e. The van der Waals surface area contributed by atoms with Crippen LogP contribution < -0.4 is 0 Å². The molecule has 29 heavy (non-hydrogen) atoms. The molecule has 0 atom stereocenters. The maximum absolute atomic E-state index is 12.7. The summed E-state index contributed by atoms with van der Waals surface area (Å²) in [5.74, 6) is -2.60. The summed E-state index contributed by atoms with van der Waals surface area (Å²) in [5.41, 5.74) is 2.02. The molecule has 0 saturated carbocycles. The molecule has 0 fully saturated rings. The van der Waals surface area contributed by atoms with Crippen molar-refractivity contribution in [1.29, 1.82) is 0 Å². The van der Waals surface area contributed by atoms with Gasteiger partial charge in [-0.3, -0.25) is 14.1 Å². The maximum atomic E-state index is 12.7. The molecule has 1 aliphatic carbocycles. The lowest BCUT2D eigenvalue weighted by Gasteiger charge is -2.16. The van der Waals surface area contributed by atoms with Crippen LogP contribution in [0.4, 0.5) is 8.78 Å². The highest BCUT2D eigenvalue weighted by molar-refractivity contribution is 7.85. The highest BCUT2D eigenvalue weighted by Gasteiger charge is 2.28. The van der Waals surface area contributed by atoms with Crippen molar-refractivity contribution in [2.24, 2.45) is 0 Å². The van der Waals surface area contributed by atoms with Crippen molar-refractivity contribution in [3.8, 4) is 0 Å². The van der Waals surface area contributed by atoms with E-state index < -0.39 is 31.7 Å². The Morgan fingerprint density at radius 2 is 1.10 bits per heavy atom. The zero-order valence-corrected chi connectivity index (χ0v) is 16.0. The van der Waals surface area contributed by atoms with Gasteiger partial charge in [0.05, 0.1) is 5.02 Å². The van der Waals surface area contributed by atoms with Crippen LogP contribution in [0.1, 0.15) is 31.8 Å². The van der Waals surface area contributed by atoms with E-state index >= 15 is 0 Å². The van der Waals surface area contributed by atoms with E-state index in [4.69, 9.17) is 16.2 Å². The molecule has 0 spiro atoms. The Kier molecular flexibility index (Phi) is 5.61. The van der Waals surface area contributed by atoms with E-state index in [-0.39, 0.29) is 17.6 Å². The van der Waals surface area contributed by atoms with Gasteiger partial charge < -0.3 is 0 Å². The molecule has 0 radical (unpaired) electrons. The van der Waals surface area contributed by atoms with E-state index in [9.17, 15) is 26.8 Å². The Labute approximate surface area is 169 Å². The van der Waals surface area contributed by atoms with Gasteiger partial charge in [0.2, 0.25) is 0 Å². The molecule has 0 aromatic heterocycles. The van der Waals surface area contributed by atoms with E-state index in [0.29, 0.717) is 28.3 Å². The van der Waals surface area contributed by atoms with Crippen LogP contribution in [0.5, 0.6) is 0 Å². The zero-order chi connectivity index (χ0) is 21.3. The maximum Gasteiger partial charge on any atom is 0.297 e. The third-order valence-corrected chi connectivity index (χ3v) is 5.24. The molecule has 0 aliphatic heterocycles. The summed E-state index contributed by atoms with van der Waals surface area (Å²) in [6.07, 6.45) is 0. The third kappa shape index (κ3) is 4.09. The predicted molar refractivity (Wildman–Crippen MR) is 101 cm³/mol. The van der Waals surface area contributed by atoms with E-state index in [1.807, 2.05) is 0 Å². The van der Waals surface area contributed by atoms with Crippen LogP contribution in [0, 0.1) is 11.6 Å². The summed E-state index contributed by atoms with van der Waals surface area (Å²) in [4.78, 5) is 23.2. The standard InChI is InChI=1S/C14H8O2.C6H3ClF2O3S/c15-13-9-5-1-2-6-10(9)14(16)12-8-4-3-7-11(12)13;7-3-1-6(13(10,11)12)5(9)2-4(3)8/h1-8H;1-2H,(H,10,11,12). The first-order chi connectivity index (χ1) is 13.6. The van der Waals surface area contributed by atoms with Crippen LogP contribution in [0.3, 0.4) is 0 Å². The van der Waals surface area contributed by atoms with Crippen LogP contribution in [-0.4, -0.2) is 24.5 Å². The topological polar surface area (TPSA) is 88.5 Å². The van der Waals surface area contributed by atoms with Crippen LogP contribution in [0.2, 0.25) is 5.02 Å². The fourth-order valence-electron chi connectivity index (χ4n) is 2.75. The molecule has 148 valence electrons. The van der Waals surface area contributed by atoms with E-state index in [2.05, 4.69) is 0 Å². The second-order valence-electron chi connectivity index (χ2n) is 5.92.